The lowest BCUT2D eigenvalue weighted by Crippen LogP contribution is -2.41. The Morgan fingerprint density at radius 1 is 1.38 bits per heavy atom. The number of nitrogens with two attached hydrogens (primary N) is 1. The molecule has 124 valence electrons. The number of rotatable bonds is 5. The molecule has 0 saturated heterocycles. The second-order valence-corrected chi connectivity index (χ2v) is 6.34. The van der Waals surface area contributed by atoms with Gasteiger partial charge in [0.2, 0.25) is 11.9 Å². The maximum Gasteiger partial charge on any atom is 0.229 e. The average molecular weight is 325 g/mol. The second kappa shape index (κ2) is 5.63. The van der Waals surface area contributed by atoms with Crippen LogP contribution in [0.2, 0.25) is 0 Å². The summed E-state index contributed by atoms with van der Waals surface area (Å²) in [6.07, 6.45) is 10.5. The molecule has 0 aliphatic heterocycles. The molecule has 24 heavy (non-hydrogen) atoms. The van der Waals surface area contributed by atoms with Crippen LogP contribution < -0.4 is 16.4 Å². The van der Waals surface area contributed by atoms with Crippen LogP contribution in [0, 0.1) is 17.8 Å². The van der Waals surface area contributed by atoms with Gasteiger partial charge in [-0.05, 0) is 24.3 Å². The number of allylic oxidation sites excluding steroid dienone is 1. The minimum absolute atomic E-state index is 0.0151. The molecule has 2 aliphatic carbocycles. The van der Waals surface area contributed by atoms with Crippen molar-refractivity contribution in [1.29, 1.82) is 0 Å². The normalized spacial score (nSPS) is 27.4. The molecule has 4 atom stereocenters. The first-order chi connectivity index (χ1) is 11.6. The van der Waals surface area contributed by atoms with Crippen LogP contribution in [0.25, 0.3) is 0 Å². The van der Waals surface area contributed by atoms with Gasteiger partial charge >= 0.3 is 0 Å². The van der Waals surface area contributed by atoms with Crippen molar-refractivity contribution in [3.8, 4) is 0 Å². The Morgan fingerprint density at radius 3 is 2.96 bits per heavy atom. The summed E-state index contributed by atoms with van der Waals surface area (Å²) in [6.45, 7) is 0. The third-order valence-electron chi connectivity index (χ3n) is 4.72. The molecular formula is C16H19N7O. The highest BCUT2D eigenvalue weighted by molar-refractivity contribution is 5.79. The molecule has 4 rings (SSSR count). The fraction of sp³-hybridized carbons (Fsp3) is 0.375. The van der Waals surface area contributed by atoms with E-state index in [1.165, 1.54) is 0 Å². The first-order valence-corrected chi connectivity index (χ1v) is 7.93. The van der Waals surface area contributed by atoms with Gasteiger partial charge in [0.05, 0.1) is 17.8 Å². The molecule has 8 nitrogen and oxygen atoms in total. The molecule has 2 bridgehead atoms. The summed E-state index contributed by atoms with van der Waals surface area (Å²) in [5, 5.41) is 10.6. The van der Waals surface area contributed by atoms with Gasteiger partial charge in [-0.3, -0.25) is 9.48 Å². The van der Waals surface area contributed by atoms with E-state index in [2.05, 4.69) is 37.9 Å². The standard InChI is InChI=1S/C16H19N7O/c1-23-8-11(7-19-23)20-16-18-5-4-12(22-16)21-14-10-3-2-9(6-10)13(14)15(17)24/h2-5,7-10,13-14H,6H2,1H3,(H2,17,24)(H2,18,20,21,22)/t9-,10+,13+,14-/m0/s1. The van der Waals surface area contributed by atoms with Crippen LogP contribution in [0.5, 0.6) is 0 Å². The van der Waals surface area contributed by atoms with Crippen LogP contribution in [0.15, 0.2) is 36.8 Å². The summed E-state index contributed by atoms with van der Waals surface area (Å²) in [5.74, 6) is 1.25. The Morgan fingerprint density at radius 2 is 2.21 bits per heavy atom. The molecule has 2 heterocycles. The van der Waals surface area contributed by atoms with Crippen molar-refractivity contribution in [2.75, 3.05) is 10.6 Å². The molecule has 2 aliphatic rings. The molecule has 1 amide bonds. The summed E-state index contributed by atoms with van der Waals surface area (Å²) < 4.78 is 1.70. The van der Waals surface area contributed by atoms with Crippen LogP contribution in [0.4, 0.5) is 17.5 Å². The number of amides is 1. The first kappa shape index (κ1) is 14.7. The number of fused-ring (bicyclic) bond motifs is 2. The molecule has 0 radical (unpaired) electrons. The molecule has 0 aromatic carbocycles. The maximum atomic E-state index is 11.8. The van der Waals surface area contributed by atoms with E-state index in [0.29, 0.717) is 17.7 Å². The maximum absolute atomic E-state index is 11.8. The zero-order valence-electron chi connectivity index (χ0n) is 13.3. The van der Waals surface area contributed by atoms with Crippen molar-refractivity contribution >= 4 is 23.4 Å². The van der Waals surface area contributed by atoms with Crippen LogP contribution in [0.3, 0.4) is 0 Å². The number of aryl methyl sites for hydroxylation is 1. The number of nitrogens with zero attached hydrogens (tertiary/aromatic N) is 4. The molecule has 1 saturated carbocycles. The molecule has 2 aromatic heterocycles. The number of hydrogen-bond donors (Lipinski definition) is 3. The highest BCUT2D eigenvalue weighted by Crippen LogP contribution is 2.44. The summed E-state index contributed by atoms with van der Waals surface area (Å²) >= 11 is 0. The van der Waals surface area contributed by atoms with E-state index in [9.17, 15) is 4.79 Å². The molecule has 0 unspecified atom stereocenters. The fourth-order valence-corrected chi connectivity index (χ4v) is 3.69. The number of primary amides is 1. The lowest BCUT2D eigenvalue weighted by Gasteiger charge is -2.27. The first-order valence-electron chi connectivity index (χ1n) is 7.93. The van der Waals surface area contributed by atoms with Gasteiger partial charge in [-0.2, -0.15) is 10.1 Å². The largest absolute Gasteiger partial charge is 0.369 e. The van der Waals surface area contributed by atoms with Gasteiger partial charge in [-0.1, -0.05) is 12.2 Å². The number of anilines is 3. The number of carbonyl (C=O) groups excluding carboxylic acids is 1. The summed E-state index contributed by atoms with van der Waals surface area (Å²) in [6, 6.07) is 1.78. The predicted octanol–water partition coefficient (Wildman–Crippen LogP) is 1.04. The van der Waals surface area contributed by atoms with Gasteiger partial charge in [0.25, 0.3) is 0 Å². The van der Waals surface area contributed by atoms with Crippen LogP contribution in [0.1, 0.15) is 6.42 Å². The number of aromatic nitrogens is 4. The van der Waals surface area contributed by atoms with Gasteiger partial charge in [-0.25, -0.2) is 4.98 Å². The van der Waals surface area contributed by atoms with Gasteiger partial charge in [0.15, 0.2) is 0 Å². The zero-order chi connectivity index (χ0) is 16.7. The minimum Gasteiger partial charge on any atom is -0.369 e. The Kier molecular flexibility index (Phi) is 3.44. The molecule has 8 heteroatoms. The Balaban J connectivity index is 1.51. The van der Waals surface area contributed by atoms with Crippen molar-refractivity contribution in [2.45, 2.75) is 12.5 Å². The van der Waals surface area contributed by atoms with Gasteiger partial charge in [0.1, 0.15) is 5.82 Å². The topological polar surface area (TPSA) is 111 Å². The molecular weight excluding hydrogens is 306 g/mol. The van der Waals surface area contributed by atoms with E-state index in [0.717, 1.165) is 12.1 Å². The van der Waals surface area contributed by atoms with Crippen molar-refractivity contribution in [3.05, 3.63) is 36.8 Å². The van der Waals surface area contributed by atoms with Gasteiger partial charge in [0, 0.05) is 25.5 Å². The zero-order valence-corrected chi connectivity index (χ0v) is 13.3. The van der Waals surface area contributed by atoms with Crippen molar-refractivity contribution in [1.82, 2.24) is 19.7 Å². The Hall–Kier alpha value is -2.90. The molecule has 4 N–H and O–H groups in total. The summed E-state index contributed by atoms with van der Waals surface area (Å²) in [4.78, 5) is 20.5. The predicted molar refractivity (Wildman–Crippen MR) is 89.4 cm³/mol. The highest BCUT2D eigenvalue weighted by Gasteiger charge is 2.47. The lowest BCUT2D eigenvalue weighted by atomic mass is 9.88. The monoisotopic (exact) mass is 325 g/mol. The Bertz CT molecular complexity index is 799. The highest BCUT2D eigenvalue weighted by atomic mass is 16.1. The minimum atomic E-state index is -0.257. The summed E-state index contributed by atoms with van der Waals surface area (Å²) in [7, 11) is 1.84. The lowest BCUT2D eigenvalue weighted by molar-refractivity contribution is -0.122. The van der Waals surface area contributed by atoms with Crippen molar-refractivity contribution < 1.29 is 4.79 Å². The number of nitrogens with one attached hydrogen (secondary N) is 2. The molecule has 2 aromatic rings. The summed E-state index contributed by atoms with van der Waals surface area (Å²) in [5.41, 5.74) is 6.41. The van der Waals surface area contributed by atoms with E-state index in [1.54, 1.807) is 23.1 Å². The average Bonchev–Trinajstić information content (AvgIpc) is 3.24. The fourth-order valence-electron chi connectivity index (χ4n) is 3.69. The second-order valence-electron chi connectivity index (χ2n) is 6.34. The Labute approximate surface area is 139 Å². The molecule has 0 spiro atoms. The van der Waals surface area contributed by atoms with Gasteiger partial charge in [-0.15, -0.1) is 0 Å². The SMILES string of the molecule is Cn1cc(Nc2nccc(N[C@@H]3[C@H](C(N)=O)[C@H]4C=C[C@@H]3C4)n2)cn1. The third kappa shape index (κ3) is 2.60. The van der Waals surface area contributed by atoms with E-state index >= 15 is 0 Å². The third-order valence-corrected chi connectivity index (χ3v) is 4.72. The smallest absolute Gasteiger partial charge is 0.229 e. The van der Waals surface area contributed by atoms with E-state index < -0.39 is 0 Å². The van der Waals surface area contributed by atoms with Crippen molar-refractivity contribution in [2.24, 2.45) is 30.5 Å². The van der Waals surface area contributed by atoms with E-state index in [4.69, 9.17) is 5.73 Å². The number of hydrogen-bond acceptors (Lipinski definition) is 6. The van der Waals surface area contributed by atoms with E-state index in [1.807, 2.05) is 13.2 Å². The number of carbonyl (C=O) groups is 1. The van der Waals surface area contributed by atoms with Crippen molar-refractivity contribution in [3.63, 3.8) is 0 Å². The van der Waals surface area contributed by atoms with E-state index in [-0.39, 0.29) is 23.8 Å². The quantitative estimate of drug-likeness (QED) is 0.708. The van der Waals surface area contributed by atoms with Crippen LogP contribution in [-0.4, -0.2) is 31.7 Å². The van der Waals surface area contributed by atoms with Gasteiger partial charge < -0.3 is 16.4 Å². The molecule has 1 fully saturated rings. The van der Waals surface area contributed by atoms with Crippen LogP contribution in [-0.2, 0) is 11.8 Å². The van der Waals surface area contributed by atoms with Crippen LogP contribution >= 0.6 is 0 Å².